The summed E-state index contributed by atoms with van der Waals surface area (Å²) in [5.41, 5.74) is 6.25. The highest BCUT2D eigenvalue weighted by molar-refractivity contribution is 6.30. The van der Waals surface area contributed by atoms with Crippen LogP contribution in [0.2, 0.25) is 5.02 Å². The summed E-state index contributed by atoms with van der Waals surface area (Å²) >= 11 is 6.04. The first-order chi connectivity index (χ1) is 20.9. The van der Waals surface area contributed by atoms with Crippen LogP contribution in [0, 0.1) is 0 Å². The van der Waals surface area contributed by atoms with Crippen LogP contribution in [0.3, 0.4) is 0 Å². The average Bonchev–Trinajstić information content (AvgIpc) is 3.36. The van der Waals surface area contributed by atoms with Gasteiger partial charge in [-0.1, -0.05) is 72.6 Å². The molecule has 1 amide bonds. The van der Waals surface area contributed by atoms with E-state index in [2.05, 4.69) is 27.3 Å². The highest BCUT2D eigenvalue weighted by Crippen LogP contribution is 2.33. The lowest BCUT2D eigenvalue weighted by atomic mass is 9.99. The highest BCUT2D eigenvalue weighted by Gasteiger charge is 2.21. The Morgan fingerprint density at radius 1 is 0.930 bits per heavy atom. The van der Waals surface area contributed by atoms with E-state index in [1.54, 1.807) is 6.07 Å². The van der Waals surface area contributed by atoms with Crippen LogP contribution in [0.5, 0.6) is 5.88 Å². The van der Waals surface area contributed by atoms with Crippen molar-refractivity contribution in [2.45, 2.75) is 38.8 Å². The summed E-state index contributed by atoms with van der Waals surface area (Å²) in [7, 11) is 0. The number of nitrogens with zero attached hydrogens (tertiary/aromatic N) is 2. The molecule has 6 nitrogen and oxygen atoms in total. The Morgan fingerprint density at radius 3 is 2.47 bits per heavy atom. The van der Waals surface area contributed by atoms with Crippen LogP contribution < -0.4 is 5.32 Å². The van der Waals surface area contributed by atoms with Crippen LogP contribution in [0.4, 0.5) is 5.69 Å². The van der Waals surface area contributed by atoms with Gasteiger partial charge in [-0.2, -0.15) is 0 Å². The molecular formula is C36H35ClN4O2. The zero-order valence-electron chi connectivity index (χ0n) is 24.2. The number of amides is 1. The Morgan fingerprint density at radius 2 is 1.70 bits per heavy atom. The first-order valence-corrected chi connectivity index (χ1v) is 15.2. The zero-order chi connectivity index (χ0) is 29.8. The molecule has 3 N–H and O–H groups in total. The molecule has 0 radical (unpaired) electrons. The van der Waals surface area contributed by atoms with Crippen LogP contribution in [-0.4, -0.2) is 39.7 Å². The molecule has 0 spiro atoms. The van der Waals surface area contributed by atoms with E-state index in [9.17, 15) is 9.90 Å². The Kier molecular flexibility index (Phi) is 8.59. The second kappa shape index (κ2) is 12.9. The Balaban J connectivity index is 1.36. The number of aliphatic imine (C=N–C) groups is 1. The minimum absolute atomic E-state index is 0.00849. The van der Waals surface area contributed by atoms with Crippen molar-refractivity contribution in [3.8, 4) is 5.88 Å². The quantitative estimate of drug-likeness (QED) is 0.159. The molecule has 5 aromatic rings. The molecule has 0 bridgehead atoms. The number of halogens is 1. The molecule has 0 saturated carbocycles. The second-order valence-corrected chi connectivity index (χ2v) is 11.6. The number of hydrogen-bond donors (Lipinski definition) is 3. The first kappa shape index (κ1) is 28.7. The van der Waals surface area contributed by atoms with Gasteiger partial charge in [-0.3, -0.25) is 9.69 Å². The SMILES string of the molecule is C[C@H](NC(=O)c1ccc2[nH]c(O)c(C(=Nc3cccc(CN4CCCCC4)c3)c3ccccc3)c2c1)c1ccc(Cl)cc1. The van der Waals surface area contributed by atoms with Crippen molar-refractivity contribution in [1.29, 1.82) is 0 Å². The maximum atomic E-state index is 13.3. The van der Waals surface area contributed by atoms with E-state index in [1.807, 2.05) is 85.8 Å². The van der Waals surface area contributed by atoms with Gasteiger partial charge in [-0.25, -0.2) is 4.99 Å². The summed E-state index contributed by atoms with van der Waals surface area (Å²) < 4.78 is 0. The largest absolute Gasteiger partial charge is 0.494 e. The van der Waals surface area contributed by atoms with Crippen LogP contribution in [0.15, 0.2) is 102 Å². The standard InChI is InChI=1S/C36H35ClN4O2/c1-24(26-13-16-29(37)17-14-26)38-35(42)28-15-18-32-31(22-28)33(36(43)40-32)34(27-10-4-2-5-11-27)39-30-12-8-9-25(21-30)23-41-19-6-3-7-20-41/h2,4-5,8-18,21-22,24,40,43H,3,6-7,19-20,23H2,1H3,(H,38,42)/t24-/m0/s1. The van der Waals surface area contributed by atoms with Gasteiger partial charge in [0.05, 0.1) is 23.0 Å². The van der Waals surface area contributed by atoms with E-state index in [0.717, 1.165) is 47.4 Å². The number of aromatic nitrogens is 1. The number of carbonyl (C=O) groups excluding carboxylic acids is 1. The second-order valence-electron chi connectivity index (χ2n) is 11.2. The van der Waals surface area contributed by atoms with Gasteiger partial charge in [0.2, 0.25) is 0 Å². The number of aromatic amines is 1. The molecule has 2 heterocycles. The molecule has 0 unspecified atom stereocenters. The highest BCUT2D eigenvalue weighted by atomic mass is 35.5. The lowest BCUT2D eigenvalue weighted by molar-refractivity contribution is 0.0940. The van der Waals surface area contributed by atoms with Gasteiger partial charge in [0, 0.05) is 33.6 Å². The molecule has 43 heavy (non-hydrogen) atoms. The zero-order valence-corrected chi connectivity index (χ0v) is 24.9. The lowest BCUT2D eigenvalue weighted by Crippen LogP contribution is -2.28. The summed E-state index contributed by atoms with van der Waals surface area (Å²) in [5, 5.41) is 15.7. The van der Waals surface area contributed by atoms with Crippen molar-refractivity contribution in [3.63, 3.8) is 0 Å². The number of benzene rings is 4. The van der Waals surface area contributed by atoms with Gasteiger partial charge in [0.25, 0.3) is 5.91 Å². The van der Waals surface area contributed by atoms with Crippen molar-refractivity contribution in [2.24, 2.45) is 4.99 Å². The van der Waals surface area contributed by atoms with Crippen molar-refractivity contribution in [1.82, 2.24) is 15.2 Å². The Hall–Kier alpha value is -4.39. The molecule has 7 heteroatoms. The monoisotopic (exact) mass is 590 g/mol. The van der Waals surface area contributed by atoms with Crippen molar-refractivity contribution >= 4 is 39.8 Å². The van der Waals surface area contributed by atoms with Gasteiger partial charge in [-0.15, -0.1) is 0 Å². The number of piperidine rings is 1. The summed E-state index contributed by atoms with van der Waals surface area (Å²) in [4.78, 5) is 24.0. The third-order valence-corrected chi connectivity index (χ3v) is 8.30. The number of likely N-dealkylation sites (tertiary alicyclic amines) is 1. The molecule has 218 valence electrons. The number of aromatic hydroxyl groups is 1. The van der Waals surface area contributed by atoms with Crippen molar-refractivity contribution in [2.75, 3.05) is 13.1 Å². The smallest absolute Gasteiger partial charge is 0.251 e. The van der Waals surface area contributed by atoms with Gasteiger partial charge in [-0.05, 0) is 86.4 Å². The van der Waals surface area contributed by atoms with E-state index in [1.165, 1.54) is 24.8 Å². The number of nitrogens with one attached hydrogen (secondary N) is 2. The molecular weight excluding hydrogens is 556 g/mol. The summed E-state index contributed by atoms with van der Waals surface area (Å²) in [5.74, 6) is -0.200. The lowest BCUT2D eigenvalue weighted by Gasteiger charge is -2.26. The topological polar surface area (TPSA) is 80.7 Å². The van der Waals surface area contributed by atoms with Gasteiger partial charge in [0.1, 0.15) is 0 Å². The third-order valence-electron chi connectivity index (χ3n) is 8.05. The molecule has 1 aliphatic heterocycles. The van der Waals surface area contributed by atoms with E-state index < -0.39 is 0 Å². The fourth-order valence-electron chi connectivity index (χ4n) is 5.76. The molecule has 0 aliphatic carbocycles. The molecule has 1 fully saturated rings. The van der Waals surface area contributed by atoms with E-state index >= 15 is 0 Å². The number of hydrogen-bond acceptors (Lipinski definition) is 4. The number of rotatable bonds is 8. The molecule has 1 aliphatic rings. The van der Waals surface area contributed by atoms with E-state index in [-0.39, 0.29) is 17.8 Å². The summed E-state index contributed by atoms with van der Waals surface area (Å²) in [6.07, 6.45) is 3.80. The summed E-state index contributed by atoms with van der Waals surface area (Å²) in [6, 6.07) is 30.8. The number of carbonyl (C=O) groups is 1. The normalized spacial score (nSPS) is 15.0. The number of H-pyrrole nitrogens is 1. The van der Waals surface area contributed by atoms with E-state index in [4.69, 9.17) is 16.6 Å². The van der Waals surface area contributed by atoms with Gasteiger partial charge >= 0.3 is 0 Å². The molecule has 4 aromatic carbocycles. The van der Waals surface area contributed by atoms with Crippen LogP contribution in [-0.2, 0) is 6.54 Å². The minimum Gasteiger partial charge on any atom is -0.494 e. The predicted molar refractivity (Wildman–Crippen MR) is 175 cm³/mol. The van der Waals surface area contributed by atoms with Crippen LogP contribution >= 0.6 is 11.6 Å². The van der Waals surface area contributed by atoms with Crippen LogP contribution in [0.1, 0.15) is 64.8 Å². The number of fused-ring (bicyclic) bond motifs is 1. The fourth-order valence-corrected chi connectivity index (χ4v) is 5.89. The minimum atomic E-state index is -0.210. The van der Waals surface area contributed by atoms with Crippen molar-refractivity contribution in [3.05, 3.63) is 130 Å². The molecule has 1 saturated heterocycles. The van der Waals surface area contributed by atoms with Crippen molar-refractivity contribution < 1.29 is 9.90 Å². The maximum Gasteiger partial charge on any atom is 0.251 e. The Bertz CT molecular complexity index is 1760. The first-order valence-electron chi connectivity index (χ1n) is 14.8. The van der Waals surface area contributed by atoms with Gasteiger partial charge in [0.15, 0.2) is 5.88 Å². The summed E-state index contributed by atoms with van der Waals surface area (Å²) in [6.45, 7) is 5.09. The maximum absolute atomic E-state index is 13.3. The van der Waals surface area contributed by atoms with Crippen LogP contribution in [0.25, 0.3) is 10.9 Å². The average molecular weight is 591 g/mol. The molecule has 1 aromatic heterocycles. The fraction of sp³-hybridized carbons (Fsp3) is 0.222. The third kappa shape index (κ3) is 6.66. The van der Waals surface area contributed by atoms with E-state index in [0.29, 0.717) is 21.9 Å². The molecule has 1 atom stereocenters. The van der Waals surface area contributed by atoms with Gasteiger partial charge < -0.3 is 15.4 Å². The predicted octanol–water partition coefficient (Wildman–Crippen LogP) is 8.17. The Labute approximate surface area is 257 Å². The molecule has 6 rings (SSSR count).